The van der Waals surface area contributed by atoms with Crippen LogP contribution < -0.4 is 5.32 Å². The van der Waals surface area contributed by atoms with Crippen LogP contribution in [0.4, 0.5) is 0 Å². The molecular formula is C14H21NO2. The minimum atomic E-state index is -0.757. The summed E-state index contributed by atoms with van der Waals surface area (Å²) < 4.78 is 0. The predicted molar refractivity (Wildman–Crippen MR) is 69.2 cm³/mol. The average molecular weight is 235 g/mol. The van der Waals surface area contributed by atoms with Gasteiger partial charge in [0, 0.05) is 6.04 Å². The molecule has 1 rings (SSSR count). The standard InChI is InChI=1S/C14H21NO2/c1-3-4-11-5-7-12(8-6-11)9-13(15-2)10-14(16)17/h5-8,13,15H,3-4,9-10H2,1-2H3,(H,16,17). The minimum absolute atomic E-state index is 0.00419. The largest absolute Gasteiger partial charge is 0.481 e. The lowest BCUT2D eigenvalue weighted by atomic mass is 10.0. The van der Waals surface area contributed by atoms with Crippen LogP contribution in [0.2, 0.25) is 0 Å². The van der Waals surface area contributed by atoms with Crippen LogP contribution in [-0.2, 0) is 17.6 Å². The van der Waals surface area contributed by atoms with Crippen molar-refractivity contribution in [1.29, 1.82) is 0 Å². The summed E-state index contributed by atoms with van der Waals surface area (Å²) in [5.41, 5.74) is 2.53. The zero-order valence-electron chi connectivity index (χ0n) is 10.6. The number of rotatable bonds is 7. The third-order valence-electron chi connectivity index (χ3n) is 2.87. The normalized spacial score (nSPS) is 12.4. The van der Waals surface area contributed by atoms with E-state index in [0.29, 0.717) is 0 Å². The van der Waals surface area contributed by atoms with Crippen LogP contribution in [0, 0.1) is 0 Å². The van der Waals surface area contributed by atoms with Crippen LogP contribution in [0.15, 0.2) is 24.3 Å². The maximum atomic E-state index is 10.7. The van der Waals surface area contributed by atoms with Gasteiger partial charge in [-0.2, -0.15) is 0 Å². The van der Waals surface area contributed by atoms with Gasteiger partial charge < -0.3 is 10.4 Å². The van der Waals surface area contributed by atoms with Gasteiger partial charge in [0.1, 0.15) is 0 Å². The molecule has 1 unspecified atom stereocenters. The van der Waals surface area contributed by atoms with Gasteiger partial charge in [0.25, 0.3) is 0 Å². The molecule has 0 bridgehead atoms. The Bertz CT molecular complexity index is 346. The van der Waals surface area contributed by atoms with Gasteiger partial charge >= 0.3 is 5.97 Å². The summed E-state index contributed by atoms with van der Waals surface area (Å²) in [6, 6.07) is 8.46. The molecule has 1 atom stereocenters. The number of aryl methyl sites for hydroxylation is 1. The maximum Gasteiger partial charge on any atom is 0.304 e. The Hall–Kier alpha value is -1.35. The lowest BCUT2D eigenvalue weighted by Gasteiger charge is -2.14. The molecule has 0 saturated carbocycles. The molecular weight excluding hydrogens is 214 g/mol. The fourth-order valence-corrected chi connectivity index (χ4v) is 1.90. The van der Waals surface area contributed by atoms with Crippen molar-refractivity contribution >= 4 is 5.97 Å². The molecule has 2 N–H and O–H groups in total. The smallest absolute Gasteiger partial charge is 0.304 e. The Labute approximate surface area is 103 Å². The highest BCUT2D eigenvalue weighted by Crippen LogP contribution is 2.10. The molecule has 94 valence electrons. The fourth-order valence-electron chi connectivity index (χ4n) is 1.90. The van der Waals surface area contributed by atoms with Gasteiger partial charge in [-0.3, -0.25) is 4.79 Å². The van der Waals surface area contributed by atoms with E-state index in [-0.39, 0.29) is 12.5 Å². The average Bonchev–Trinajstić information content (AvgIpc) is 2.30. The molecule has 0 spiro atoms. The second kappa shape index (κ2) is 7.07. The monoisotopic (exact) mass is 235 g/mol. The summed E-state index contributed by atoms with van der Waals surface area (Å²) in [4.78, 5) is 10.7. The molecule has 0 heterocycles. The van der Waals surface area contributed by atoms with Crippen LogP contribution in [0.25, 0.3) is 0 Å². The Morgan fingerprint density at radius 1 is 1.29 bits per heavy atom. The van der Waals surface area contributed by atoms with Crippen molar-refractivity contribution in [3.8, 4) is 0 Å². The third kappa shape index (κ3) is 5.00. The topological polar surface area (TPSA) is 49.3 Å². The first-order valence-electron chi connectivity index (χ1n) is 6.12. The first-order valence-corrected chi connectivity index (χ1v) is 6.12. The van der Waals surface area contributed by atoms with Crippen molar-refractivity contribution < 1.29 is 9.90 Å². The number of benzene rings is 1. The molecule has 17 heavy (non-hydrogen) atoms. The number of carboxylic acid groups (broad SMARTS) is 1. The van der Waals surface area contributed by atoms with E-state index in [9.17, 15) is 4.79 Å². The Balaban J connectivity index is 2.57. The van der Waals surface area contributed by atoms with E-state index in [2.05, 4.69) is 36.5 Å². The SMILES string of the molecule is CCCc1ccc(CC(CC(=O)O)NC)cc1. The number of aliphatic carboxylic acids is 1. The molecule has 1 aromatic rings. The zero-order chi connectivity index (χ0) is 12.7. The van der Waals surface area contributed by atoms with Crippen LogP contribution in [0.3, 0.4) is 0 Å². The van der Waals surface area contributed by atoms with E-state index < -0.39 is 5.97 Å². The summed E-state index contributed by atoms with van der Waals surface area (Å²) in [5.74, 6) is -0.757. The van der Waals surface area contributed by atoms with E-state index in [1.54, 1.807) is 7.05 Å². The van der Waals surface area contributed by atoms with E-state index in [4.69, 9.17) is 5.11 Å². The van der Waals surface area contributed by atoms with Crippen molar-refractivity contribution in [3.05, 3.63) is 35.4 Å². The summed E-state index contributed by atoms with van der Waals surface area (Å²) in [6.07, 6.45) is 3.17. The molecule has 0 amide bonds. The first kappa shape index (κ1) is 13.7. The molecule has 0 saturated heterocycles. The van der Waals surface area contributed by atoms with Crippen molar-refractivity contribution in [2.75, 3.05) is 7.05 Å². The van der Waals surface area contributed by atoms with Gasteiger partial charge in [-0.25, -0.2) is 0 Å². The zero-order valence-corrected chi connectivity index (χ0v) is 10.6. The number of hydrogen-bond donors (Lipinski definition) is 2. The van der Waals surface area contributed by atoms with Gasteiger partial charge in [0.2, 0.25) is 0 Å². The van der Waals surface area contributed by atoms with Crippen molar-refractivity contribution in [1.82, 2.24) is 5.32 Å². The first-order chi connectivity index (χ1) is 8.15. The minimum Gasteiger partial charge on any atom is -0.481 e. The van der Waals surface area contributed by atoms with E-state index >= 15 is 0 Å². The van der Waals surface area contributed by atoms with Gasteiger partial charge in [0.15, 0.2) is 0 Å². The number of carboxylic acids is 1. The molecule has 1 aromatic carbocycles. The molecule has 0 aliphatic heterocycles. The van der Waals surface area contributed by atoms with Crippen LogP contribution in [0.5, 0.6) is 0 Å². The maximum absolute atomic E-state index is 10.7. The molecule has 3 nitrogen and oxygen atoms in total. The van der Waals surface area contributed by atoms with Crippen molar-refractivity contribution in [2.45, 2.75) is 38.6 Å². The molecule has 0 aromatic heterocycles. The summed E-state index contributed by atoms with van der Waals surface area (Å²) >= 11 is 0. The summed E-state index contributed by atoms with van der Waals surface area (Å²) in [7, 11) is 1.80. The van der Waals surface area contributed by atoms with Crippen molar-refractivity contribution in [2.24, 2.45) is 0 Å². The summed E-state index contributed by atoms with van der Waals surface area (Å²) in [5, 5.41) is 11.8. The molecule has 3 heteroatoms. The Morgan fingerprint density at radius 2 is 1.88 bits per heavy atom. The quantitative estimate of drug-likeness (QED) is 0.762. The Morgan fingerprint density at radius 3 is 2.35 bits per heavy atom. The highest BCUT2D eigenvalue weighted by molar-refractivity contribution is 5.67. The van der Waals surface area contributed by atoms with Gasteiger partial charge in [-0.15, -0.1) is 0 Å². The molecule has 0 aliphatic carbocycles. The number of nitrogens with one attached hydrogen (secondary N) is 1. The van der Waals surface area contributed by atoms with Crippen LogP contribution >= 0.6 is 0 Å². The fraction of sp³-hybridized carbons (Fsp3) is 0.500. The van der Waals surface area contributed by atoms with E-state index in [1.165, 1.54) is 11.1 Å². The van der Waals surface area contributed by atoms with Gasteiger partial charge in [-0.05, 0) is 31.0 Å². The highest BCUT2D eigenvalue weighted by atomic mass is 16.4. The molecule has 0 aliphatic rings. The predicted octanol–water partition coefficient (Wildman–Crippen LogP) is 2.24. The number of hydrogen-bond acceptors (Lipinski definition) is 2. The highest BCUT2D eigenvalue weighted by Gasteiger charge is 2.11. The Kier molecular flexibility index (Phi) is 5.70. The second-order valence-electron chi connectivity index (χ2n) is 4.35. The summed E-state index contributed by atoms with van der Waals surface area (Å²) in [6.45, 7) is 2.16. The van der Waals surface area contributed by atoms with Crippen molar-refractivity contribution in [3.63, 3.8) is 0 Å². The van der Waals surface area contributed by atoms with Gasteiger partial charge in [-0.1, -0.05) is 37.6 Å². The van der Waals surface area contributed by atoms with Crippen LogP contribution in [0.1, 0.15) is 30.9 Å². The number of likely N-dealkylation sites (N-methyl/N-ethyl adjacent to an activating group) is 1. The lowest BCUT2D eigenvalue weighted by Crippen LogP contribution is -2.30. The van der Waals surface area contributed by atoms with E-state index in [0.717, 1.165) is 19.3 Å². The van der Waals surface area contributed by atoms with Gasteiger partial charge in [0.05, 0.1) is 6.42 Å². The molecule has 0 fully saturated rings. The van der Waals surface area contributed by atoms with Crippen LogP contribution in [-0.4, -0.2) is 24.2 Å². The third-order valence-corrected chi connectivity index (χ3v) is 2.87. The lowest BCUT2D eigenvalue weighted by molar-refractivity contribution is -0.137. The number of carbonyl (C=O) groups is 1. The van der Waals surface area contributed by atoms with E-state index in [1.807, 2.05) is 0 Å². The second-order valence-corrected chi connectivity index (χ2v) is 4.35. The molecule has 0 radical (unpaired) electrons.